The van der Waals surface area contributed by atoms with Crippen LogP contribution in [0.2, 0.25) is 0 Å². The van der Waals surface area contributed by atoms with Crippen molar-refractivity contribution in [2.45, 2.75) is 51.7 Å². The van der Waals surface area contributed by atoms with Gasteiger partial charge in [0.15, 0.2) is 0 Å². The fourth-order valence-electron chi connectivity index (χ4n) is 2.18. The van der Waals surface area contributed by atoms with E-state index in [2.05, 4.69) is 20.8 Å². The van der Waals surface area contributed by atoms with E-state index in [1.54, 1.807) is 0 Å². The van der Waals surface area contributed by atoms with Gasteiger partial charge in [-0.1, -0.05) is 20.8 Å². The Balaban J connectivity index is 2.37. The van der Waals surface area contributed by atoms with E-state index in [-0.39, 0.29) is 6.04 Å². The predicted octanol–water partition coefficient (Wildman–Crippen LogP) is 1.52. The van der Waals surface area contributed by atoms with Gasteiger partial charge in [-0.25, -0.2) is 0 Å². The lowest BCUT2D eigenvalue weighted by Gasteiger charge is -2.46. The first-order valence-corrected chi connectivity index (χ1v) is 4.92. The molecule has 1 unspecified atom stereocenters. The Hall–Kier alpha value is -0.0800. The van der Waals surface area contributed by atoms with E-state index in [0.29, 0.717) is 11.8 Å². The molecule has 1 rings (SSSR count). The molecule has 0 amide bonds. The van der Waals surface area contributed by atoms with Crippen molar-refractivity contribution in [1.82, 2.24) is 0 Å². The summed E-state index contributed by atoms with van der Waals surface area (Å²) in [6, 6.07) is 0.240. The van der Waals surface area contributed by atoms with E-state index in [1.165, 1.54) is 0 Å². The van der Waals surface area contributed by atoms with Crippen LogP contribution < -0.4 is 5.73 Å². The molecule has 1 saturated carbocycles. The second-order valence-corrected chi connectivity index (χ2v) is 4.80. The molecule has 0 saturated heterocycles. The highest BCUT2D eigenvalue weighted by atomic mass is 16.3. The van der Waals surface area contributed by atoms with Gasteiger partial charge in [0.25, 0.3) is 0 Å². The van der Waals surface area contributed by atoms with Crippen molar-refractivity contribution in [3.63, 3.8) is 0 Å². The lowest BCUT2D eigenvalue weighted by atomic mass is 9.67. The molecule has 0 aliphatic heterocycles. The molecule has 0 heterocycles. The van der Waals surface area contributed by atoms with Gasteiger partial charge in [0.2, 0.25) is 0 Å². The van der Waals surface area contributed by atoms with Crippen LogP contribution in [0.5, 0.6) is 0 Å². The first-order valence-electron chi connectivity index (χ1n) is 4.92. The monoisotopic (exact) mass is 171 g/mol. The molecule has 0 aromatic rings. The van der Waals surface area contributed by atoms with Crippen LogP contribution in [-0.2, 0) is 0 Å². The summed E-state index contributed by atoms with van der Waals surface area (Å²) >= 11 is 0. The van der Waals surface area contributed by atoms with Crippen LogP contribution in [0.25, 0.3) is 0 Å². The first kappa shape index (κ1) is 10.0. The Bertz CT molecular complexity index is 150. The van der Waals surface area contributed by atoms with Crippen LogP contribution in [0.1, 0.15) is 40.0 Å². The number of nitrogens with two attached hydrogens (primary N) is 1. The summed E-state index contributed by atoms with van der Waals surface area (Å²) in [6.45, 7) is 6.52. The van der Waals surface area contributed by atoms with Gasteiger partial charge in [-0.3, -0.25) is 0 Å². The summed E-state index contributed by atoms with van der Waals surface area (Å²) in [5.74, 6) is 1.07. The van der Waals surface area contributed by atoms with Crippen molar-refractivity contribution >= 4 is 0 Å². The Kier molecular flexibility index (Phi) is 2.79. The zero-order valence-electron chi connectivity index (χ0n) is 8.38. The van der Waals surface area contributed by atoms with Crippen LogP contribution in [0.15, 0.2) is 0 Å². The third-order valence-electron chi connectivity index (χ3n) is 2.97. The van der Waals surface area contributed by atoms with Crippen LogP contribution >= 0.6 is 0 Å². The van der Waals surface area contributed by atoms with E-state index < -0.39 is 5.60 Å². The van der Waals surface area contributed by atoms with Gasteiger partial charge >= 0.3 is 0 Å². The van der Waals surface area contributed by atoms with Gasteiger partial charge in [0, 0.05) is 6.04 Å². The highest BCUT2D eigenvalue weighted by Gasteiger charge is 2.44. The Morgan fingerprint density at radius 3 is 2.25 bits per heavy atom. The second-order valence-electron chi connectivity index (χ2n) is 4.80. The number of aliphatic hydroxyl groups is 1. The third kappa shape index (κ3) is 1.99. The highest BCUT2D eigenvalue weighted by Crippen LogP contribution is 2.39. The molecule has 1 atom stereocenters. The molecule has 0 spiro atoms. The topological polar surface area (TPSA) is 46.2 Å². The Morgan fingerprint density at radius 2 is 1.92 bits per heavy atom. The Labute approximate surface area is 75.2 Å². The molecular formula is C10H21NO. The molecule has 72 valence electrons. The lowest BCUT2D eigenvalue weighted by molar-refractivity contribution is -0.0939. The number of hydrogen-bond acceptors (Lipinski definition) is 2. The van der Waals surface area contributed by atoms with Gasteiger partial charge in [-0.05, 0) is 31.1 Å². The van der Waals surface area contributed by atoms with E-state index in [4.69, 9.17) is 5.73 Å². The van der Waals surface area contributed by atoms with Crippen LogP contribution in [-0.4, -0.2) is 16.7 Å². The average Bonchev–Trinajstić information content (AvgIpc) is 1.82. The molecular weight excluding hydrogens is 150 g/mol. The fourth-order valence-corrected chi connectivity index (χ4v) is 2.18. The lowest BCUT2D eigenvalue weighted by Crippen LogP contribution is -2.55. The van der Waals surface area contributed by atoms with Crippen molar-refractivity contribution in [3.05, 3.63) is 0 Å². The summed E-state index contributed by atoms with van der Waals surface area (Å²) in [5, 5.41) is 10.0. The molecule has 12 heavy (non-hydrogen) atoms. The van der Waals surface area contributed by atoms with Crippen LogP contribution in [0.3, 0.4) is 0 Å². The minimum atomic E-state index is -0.441. The molecule has 0 aromatic heterocycles. The van der Waals surface area contributed by atoms with Crippen molar-refractivity contribution in [2.75, 3.05) is 0 Å². The largest absolute Gasteiger partial charge is 0.389 e. The molecule has 0 radical (unpaired) electrons. The smallest absolute Gasteiger partial charge is 0.0702 e. The minimum Gasteiger partial charge on any atom is -0.389 e. The van der Waals surface area contributed by atoms with Gasteiger partial charge in [-0.2, -0.15) is 0 Å². The molecule has 1 fully saturated rings. The highest BCUT2D eigenvalue weighted by molar-refractivity contribution is 4.99. The summed E-state index contributed by atoms with van der Waals surface area (Å²) in [4.78, 5) is 0. The van der Waals surface area contributed by atoms with Crippen LogP contribution in [0, 0.1) is 11.8 Å². The normalized spacial score (nSPS) is 38.0. The number of hydrogen-bond donors (Lipinski definition) is 2. The molecule has 0 bridgehead atoms. The fraction of sp³-hybridized carbons (Fsp3) is 1.00. The van der Waals surface area contributed by atoms with Crippen LogP contribution in [0.4, 0.5) is 0 Å². The van der Waals surface area contributed by atoms with E-state index >= 15 is 0 Å². The van der Waals surface area contributed by atoms with E-state index in [9.17, 15) is 5.11 Å². The van der Waals surface area contributed by atoms with Crippen molar-refractivity contribution in [2.24, 2.45) is 17.6 Å². The minimum absolute atomic E-state index is 0.240. The molecule has 2 heteroatoms. The van der Waals surface area contributed by atoms with Gasteiger partial charge < -0.3 is 10.8 Å². The molecule has 1 aliphatic rings. The predicted molar refractivity (Wildman–Crippen MR) is 50.8 cm³/mol. The van der Waals surface area contributed by atoms with Crippen molar-refractivity contribution in [3.8, 4) is 0 Å². The van der Waals surface area contributed by atoms with Crippen molar-refractivity contribution < 1.29 is 5.11 Å². The second kappa shape index (κ2) is 3.35. The molecule has 0 aromatic carbocycles. The van der Waals surface area contributed by atoms with Crippen molar-refractivity contribution in [1.29, 1.82) is 0 Å². The SMILES string of the molecule is CC(C)CC(C)C1(O)CC(N)C1. The summed E-state index contributed by atoms with van der Waals surface area (Å²) in [6.07, 6.45) is 2.69. The zero-order valence-corrected chi connectivity index (χ0v) is 8.38. The van der Waals surface area contributed by atoms with E-state index in [0.717, 1.165) is 19.3 Å². The molecule has 3 N–H and O–H groups in total. The summed E-state index contributed by atoms with van der Waals surface area (Å²) in [5.41, 5.74) is 5.22. The maximum Gasteiger partial charge on any atom is 0.0702 e. The van der Waals surface area contributed by atoms with Gasteiger partial charge in [0.05, 0.1) is 5.60 Å². The molecule has 1 aliphatic carbocycles. The van der Waals surface area contributed by atoms with Gasteiger partial charge in [0.1, 0.15) is 0 Å². The first-order chi connectivity index (χ1) is 5.44. The summed E-state index contributed by atoms with van der Waals surface area (Å²) in [7, 11) is 0. The summed E-state index contributed by atoms with van der Waals surface area (Å²) < 4.78 is 0. The third-order valence-corrected chi connectivity index (χ3v) is 2.97. The van der Waals surface area contributed by atoms with Gasteiger partial charge in [-0.15, -0.1) is 0 Å². The number of rotatable bonds is 3. The average molecular weight is 171 g/mol. The quantitative estimate of drug-likeness (QED) is 0.676. The maximum atomic E-state index is 10.0. The standard InChI is InChI=1S/C10H21NO/c1-7(2)4-8(3)10(12)5-9(11)6-10/h7-9,12H,4-6,11H2,1-3H3. The maximum absolute atomic E-state index is 10.0. The Morgan fingerprint density at radius 1 is 1.42 bits per heavy atom. The van der Waals surface area contributed by atoms with E-state index in [1.807, 2.05) is 0 Å². The zero-order chi connectivity index (χ0) is 9.35. The molecule has 2 nitrogen and oxygen atoms in total.